The molecule has 0 spiro atoms. The molecule has 72 valence electrons. The van der Waals surface area contributed by atoms with Crippen LogP contribution in [0, 0.1) is 0 Å². The Kier molecular flexibility index (Phi) is 2.17. The largest absolute Gasteiger partial charge is 0.480 e. The van der Waals surface area contributed by atoms with Gasteiger partial charge < -0.3 is 9.67 Å². The molecule has 1 N–H and O–H groups in total. The number of benzene rings is 1. The molecule has 0 fully saturated rings. The first-order valence-corrected chi connectivity index (χ1v) is 4.51. The Morgan fingerprint density at radius 1 is 1.43 bits per heavy atom. The van der Waals surface area contributed by atoms with Crippen molar-refractivity contribution in [2.45, 2.75) is 6.54 Å². The molecule has 3 nitrogen and oxygen atoms in total. The van der Waals surface area contributed by atoms with E-state index in [9.17, 15) is 4.79 Å². The molecule has 0 radical (unpaired) electrons. The summed E-state index contributed by atoms with van der Waals surface area (Å²) in [7, 11) is 0. The number of rotatable bonds is 2. The molecule has 1 heterocycles. The predicted octanol–water partition coefficient (Wildman–Crippen LogP) is 2.38. The lowest BCUT2D eigenvalue weighted by Gasteiger charge is -2.00. The van der Waals surface area contributed by atoms with E-state index in [1.54, 1.807) is 16.8 Å². The molecule has 0 aliphatic heterocycles. The van der Waals surface area contributed by atoms with Crippen molar-refractivity contribution in [1.29, 1.82) is 0 Å². The first-order chi connectivity index (χ1) is 6.66. The van der Waals surface area contributed by atoms with Gasteiger partial charge in [-0.3, -0.25) is 4.79 Å². The average Bonchev–Trinajstić information content (AvgIpc) is 2.47. The number of aliphatic carboxylic acids is 1. The third-order valence-corrected chi connectivity index (χ3v) is 2.27. The normalized spacial score (nSPS) is 10.6. The Hall–Kier alpha value is -1.48. The number of halogens is 1. The van der Waals surface area contributed by atoms with Gasteiger partial charge >= 0.3 is 5.97 Å². The quantitative estimate of drug-likeness (QED) is 0.825. The summed E-state index contributed by atoms with van der Waals surface area (Å²) in [5.74, 6) is -0.850. The van der Waals surface area contributed by atoms with Gasteiger partial charge in [-0.15, -0.1) is 0 Å². The van der Waals surface area contributed by atoms with E-state index < -0.39 is 5.97 Å². The standard InChI is InChI=1S/C10H8ClNO2/c11-8-1-2-9-7(5-8)3-4-12(9)6-10(13)14/h1-5H,6H2,(H,13,14). The van der Waals surface area contributed by atoms with Crippen LogP contribution in [-0.4, -0.2) is 15.6 Å². The molecule has 0 aliphatic carbocycles. The summed E-state index contributed by atoms with van der Waals surface area (Å²) in [6.07, 6.45) is 1.75. The van der Waals surface area contributed by atoms with E-state index in [0.29, 0.717) is 5.02 Å². The number of carboxylic acid groups (broad SMARTS) is 1. The molecule has 2 rings (SSSR count). The van der Waals surface area contributed by atoms with E-state index >= 15 is 0 Å². The van der Waals surface area contributed by atoms with Gasteiger partial charge in [0.2, 0.25) is 0 Å². The van der Waals surface area contributed by atoms with Crippen molar-refractivity contribution < 1.29 is 9.90 Å². The van der Waals surface area contributed by atoms with E-state index in [-0.39, 0.29) is 6.54 Å². The molecule has 0 atom stereocenters. The van der Waals surface area contributed by atoms with Crippen molar-refractivity contribution in [2.24, 2.45) is 0 Å². The van der Waals surface area contributed by atoms with Crippen LogP contribution in [0.2, 0.25) is 5.02 Å². The summed E-state index contributed by atoms with van der Waals surface area (Å²) in [4.78, 5) is 10.5. The highest BCUT2D eigenvalue weighted by atomic mass is 35.5. The van der Waals surface area contributed by atoms with Gasteiger partial charge in [0, 0.05) is 22.1 Å². The molecular weight excluding hydrogens is 202 g/mol. The molecule has 0 bridgehead atoms. The first kappa shape index (κ1) is 9.09. The Morgan fingerprint density at radius 3 is 2.93 bits per heavy atom. The van der Waals surface area contributed by atoms with Gasteiger partial charge in [-0.2, -0.15) is 0 Å². The Morgan fingerprint density at radius 2 is 2.21 bits per heavy atom. The molecule has 0 aliphatic rings. The van der Waals surface area contributed by atoms with Crippen LogP contribution >= 0.6 is 11.6 Å². The maximum atomic E-state index is 10.5. The average molecular weight is 210 g/mol. The number of hydrogen-bond donors (Lipinski definition) is 1. The molecular formula is C10H8ClNO2. The van der Waals surface area contributed by atoms with E-state index in [1.165, 1.54) is 0 Å². The van der Waals surface area contributed by atoms with Crippen molar-refractivity contribution >= 4 is 28.5 Å². The Bertz CT molecular complexity index is 490. The van der Waals surface area contributed by atoms with Crippen molar-refractivity contribution in [3.05, 3.63) is 35.5 Å². The number of fused-ring (bicyclic) bond motifs is 1. The van der Waals surface area contributed by atoms with Gasteiger partial charge in [-0.05, 0) is 24.3 Å². The molecule has 0 saturated heterocycles. The van der Waals surface area contributed by atoms with Gasteiger partial charge in [0.1, 0.15) is 6.54 Å². The Balaban J connectivity index is 2.52. The summed E-state index contributed by atoms with van der Waals surface area (Å²) in [5, 5.41) is 10.3. The smallest absolute Gasteiger partial charge is 0.323 e. The van der Waals surface area contributed by atoms with Gasteiger partial charge in [0.05, 0.1) is 0 Å². The molecule has 0 amide bonds. The molecule has 1 aromatic heterocycles. The number of nitrogens with zero attached hydrogens (tertiary/aromatic N) is 1. The molecule has 0 saturated carbocycles. The zero-order valence-corrected chi connectivity index (χ0v) is 8.03. The zero-order valence-electron chi connectivity index (χ0n) is 7.27. The van der Waals surface area contributed by atoms with E-state index in [2.05, 4.69) is 0 Å². The van der Waals surface area contributed by atoms with Gasteiger partial charge in [-0.1, -0.05) is 11.6 Å². The maximum Gasteiger partial charge on any atom is 0.323 e. The van der Waals surface area contributed by atoms with Crippen molar-refractivity contribution in [3.8, 4) is 0 Å². The van der Waals surface area contributed by atoms with Crippen LogP contribution in [0.3, 0.4) is 0 Å². The number of aromatic nitrogens is 1. The number of carbonyl (C=O) groups is 1. The van der Waals surface area contributed by atoms with Crippen molar-refractivity contribution in [3.63, 3.8) is 0 Å². The highest BCUT2D eigenvalue weighted by molar-refractivity contribution is 6.31. The second-order valence-corrected chi connectivity index (χ2v) is 3.48. The van der Waals surface area contributed by atoms with Gasteiger partial charge in [0.25, 0.3) is 0 Å². The second-order valence-electron chi connectivity index (χ2n) is 3.04. The maximum absolute atomic E-state index is 10.5. The molecule has 1 aromatic carbocycles. The van der Waals surface area contributed by atoms with Crippen LogP contribution in [-0.2, 0) is 11.3 Å². The fraction of sp³-hybridized carbons (Fsp3) is 0.100. The van der Waals surface area contributed by atoms with Crippen LogP contribution in [0.15, 0.2) is 30.5 Å². The molecule has 0 unspecified atom stereocenters. The minimum atomic E-state index is -0.850. The van der Waals surface area contributed by atoms with Crippen LogP contribution in [0.5, 0.6) is 0 Å². The minimum absolute atomic E-state index is 0.0227. The lowest BCUT2D eigenvalue weighted by atomic mass is 10.2. The zero-order chi connectivity index (χ0) is 10.1. The van der Waals surface area contributed by atoms with Crippen LogP contribution in [0.4, 0.5) is 0 Å². The first-order valence-electron chi connectivity index (χ1n) is 4.13. The molecule has 14 heavy (non-hydrogen) atoms. The fourth-order valence-corrected chi connectivity index (χ4v) is 1.64. The van der Waals surface area contributed by atoms with Gasteiger partial charge in [-0.25, -0.2) is 0 Å². The van der Waals surface area contributed by atoms with Crippen LogP contribution in [0.1, 0.15) is 0 Å². The molecule has 2 aromatic rings. The fourth-order valence-electron chi connectivity index (χ4n) is 1.45. The van der Waals surface area contributed by atoms with E-state index in [1.807, 2.05) is 18.2 Å². The topological polar surface area (TPSA) is 42.2 Å². The third kappa shape index (κ3) is 1.59. The summed E-state index contributed by atoms with van der Waals surface area (Å²) in [6.45, 7) is -0.0227. The minimum Gasteiger partial charge on any atom is -0.480 e. The SMILES string of the molecule is O=C(O)Cn1ccc2cc(Cl)ccc21. The summed E-state index contributed by atoms with van der Waals surface area (Å²) in [5.41, 5.74) is 0.886. The van der Waals surface area contributed by atoms with Crippen molar-refractivity contribution in [1.82, 2.24) is 4.57 Å². The van der Waals surface area contributed by atoms with Crippen LogP contribution < -0.4 is 0 Å². The Labute approximate surface area is 85.5 Å². The van der Waals surface area contributed by atoms with Crippen LogP contribution in [0.25, 0.3) is 10.9 Å². The summed E-state index contributed by atoms with van der Waals surface area (Å²) < 4.78 is 1.67. The van der Waals surface area contributed by atoms with Crippen molar-refractivity contribution in [2.75, 3.05) is 0 Å². The lowest BCUT2D eigenvalue weighted by molar-refractivity contribution is -0.137. The summed E-state index contributed by atoms with van der Waals surface area (Å²) in [6, 6.07) is 7.24. The predicted molar refractivity (Wildman–Crippen MR) is 54.6 cm³/mol. The third-order valence-electron chi connectivity index (χ3n) is 2.04. The number of hydrogen-bond acceptors (Lipinski definition) is 1. The number of carboxylic acids is 1. The highest BCUT2D eigenvalue weighted by Gasteiger charge is 2.04. The van der Waals surface area contributed by atoms with E-state index in [4.69, 9.17) is 16.7 Å². The lowest BCUT2D eigenvalue weighted by Crippen LogP contribution is -2.06. The highest BCUT2D eigenvalue weighted by Crippen LogP contribution is 2.20. The molecule has 4 heteroatoms. The summed E-state index contributed by atoms with van der Waals surface area (Å²) >= 11 is 5.81. The monoisotopic (exact) mass is 209 g/mol. The second kappa shape index (κ2) is 3.35. The van der Waals surface area contributed by atoms with E-state index in [0.717, 1.165) is 10.9 Å². The van der Waals surface area contributed by atoms with Gasteiger partial charge in [0.15, 0.2) is 0 Å².